The second-order valence-electron chi connectivity index (χ2n) is 6.28. The molecular weight excluding hydrogens is 302 g/mol. The van der Waals surface area contributed by atoms with Crippen LogP contribution >= 0.6 is 0 Å². The number of hydrogen-bond donors (Lipinski definition) is 0. The van der Waals surface area contributed by atoms with Gasteiger partial charge in [0.15, 0.2) is 0 Å². The Morgan fingerprint density at radius 3 is 2.70 bits per heavy atom. The Balaban J connectivity index is 1.81. The number of nitrogens with zero attached hydrogens (tertiary/aromatic N) is 2. The molecule has 1 aromatic carbocycles. The van der Waals surface area contributed by atoms with Crippen molar-refractivity contribution in [3.8, 4) is 5.75 Å². The highest BCUT2D eigenvalue weighted by molar-refractivity contribution is 5.78. The molecule has 6 heteroatoms. The molecule has 1 aliphatic heterocycles. The zero-order valence-electron chi connectivity index (χ0n) is 13.7. The molecule has 4 nitrogen and oxygen atoms in total. The number of rotatable bonds is 6. The third kappa shape index (κ3) is 5.78. The Kier molecular flexibility index (Phi) is 6.33. The first-order valence-corrected chi connectivity index (χ1v) is 7.94. The van der Waals surface area contributed by atoms with Gasteiger partial charge < -0.3 is 9.64 Å². The van der Waals surface area contributed by atoms with E-state index in [2.05, 4.69) is 11.7 Å². The van der Waals surface area contributed by atoms with Gasteiger partial charge in [-0.15, -0.1) is 0 Å². The van der Waals surface area contributed by atoms with Crippen LogP contribution < -0.4 is 4.74 Å². The quantitative estimate of drug-likeness (QED) is 0.806. The fourth-order valence-corrected chi connectivity index (χ4v) is 2.89. The summed E-state index contributed by atoms with van der Waals surface area (Å²) in [4.78, 5) is 16.2. The molecule has 1 atom stereocenters. The molecule has 2 rings (SSSR count). The minimum absolute atomic E-state index is 0.143. The molecule has 1 aromatic rings. The number of ether oxygens (including phenoxy) is 1. The average Bonchev–Trinajstić information content (AvgIpc) is 2.48. The first-order valence-electron chi connectivity index (χ1n) is 7.94. The maximum atomic E-state index is 12.3. The third-order valence-electron chi connectivity index (χ3n) is 4.02. The van der Waals surface area contributed by atoms with Crippen molar-refractivity contribution in [1.29, 1.82) is 0 Å². The van der Waals surface area contributed by atoms with Crippen LogP contribution in [0.15, 0.2) is 24.3 Å². The number of likely N-dealkylation sites (N-methyl/N-ethyl adjacent to an activating group) is 1. The van der Waals surface area contributed by atoms with Gasteiger partial charge in [-0.3, -0.25) is 9.69 Å². The molecule has 0 saturated carbocycles. The zero-order valence-corrected chi connectivity index (χ0v) is 13.7. The number of carbonyl (C=O) groups excluding carboxylic acids is 1. The number of amides is 1. The standard InChI is InChI=1S/C17H24F2N2O2/c1-13-4-3-9-21(10-13)16(22)12-20(2)11-14-5-7-15(8-6-14)23-17(18)19/h5-8,13,17H,3-4,9-12H2,1-2H3. The van der Waals surface area contributed by atoms with Crippen LogP contribution in [-0.4, -0.2) is 49.0 Å². The molecule has 1 fully saturated rings. The third-order valence-corrected chi connectivity index (χ3v) is 4.02. The smallest absolute Gasteiger partial charge is 0.387 e. The number of likely N-dealkylation sites (tertiary alicyclic amines) is 1. The van der Waals surface area contributed by atoms with E-state index in [-0.39, 0.29) is 11.7 Å². The molecule has 0 aromatic heterocycles. The Labute approximate surface area is 136 Å². The minimum Gasteiger partial charge on any atom is -0.435 e. The molecule has 0 bridgehead atoms. The van der Waals surface area contributed by atoms with Crippen molar-refractivity contribution in [2.45, 2.75) is 32.9 Å². The monoisotopic (exact) mass is 326 g/mol. The van der Waals surface area contributed by atoms with Crippen molar-refractivity contribution in [3.63, 3.8) is 0 Å². The van der Waals surface area contributed by atoms with E-state index in [1.807, 2.05) is 16.8 Å². The average molecular weight is 326 g/mol. The number of alkyl halides is 2. The van der Waals surface area contributed by atoms with Crippen molar-refractivity contribution in [2.75, 3.05) is 26.7 Å². The first kappa shape index (κ1) is 17.7. The maximum absolute atomic E-state index is 12.3. The molecule has 128 valence electrons. The molecule has 0 N–H and O–H groups in total. The summed E-state index contributed by atoms with van der Waals surface area (Å²) < 4.78 is 28.5. The summed E-state index contributed by atoms with van der Waals surface area (Å²) in [5.74, 6) is 0.863. The lowest BCUT2D eigenvalue weighted by Gasteiger charge is -2.32. The van der Waals surface area contributed by atoms with Crippen molar-refractivity contribution >= 4 is 5.91 Å². The first-order chi connectivity index (χ1) is 10.9. The van der Waals surface area contributed by atoms with Gasteiger partial charge in [-0.2, -0.15) is 8.78 Å². The number of carbonyl (C=O) groups is 1. The van der Waals surface area contributed by atoms with Crippen LogP contribution in [0.4, 0.5) is 8.78 Å². The maximum Gasteiger partial charge on any atom is 0.387 e. The van der Waals surface area contributed by atoms with Gasteiger partial charge in [0, 0.05) is 19.6 Å². The highest BCUT2D eigenvalue weighted by atomic mass is 19.3. The second kappa shape index (κ2) is 8.24. The molecule has 1 aliphatic rings. The van der Waals surface area contributed by atoms with E-state index >= 15 is 0 Å². The predicted octanol–water partition coefficient (Wildman–Crippen LogP) is 2.98. The summed E-state index contributed by atoms with van der Waals surface area (Å²) in [5.41, 5.74) is 0.953. The lowest BCUT2D eigenvalue weighted by Crippen LogP contribution is -2.43. The highest BCUT2D eigenvalue weighted by Gasteiger charge is 2.21. The van der Waals surface area contributed by atoms with E-state index in [1.165, 1.54) is 18.6 Å². The van der Waals surface area contributed by atoms with E-state index in [1.54, 1.807) is 12.1 Å². The van der Waals surface area contributed by atoms with E-state index in [0.717, 1.165) is 25.1 Å². The van der Waals surface area contributed by atoms with Crippen LogP contribution in [0.1, 0.15) is 25.3 Å². The van der Waals surface area contributed by atoms with Crippen LogP contribution in [0.5, 0.6) is 5.75 Å². The number of halogens is 2. The molecule has 1 heterocycles. The molecule has 1 unspecified atom stereocenters. The summed E-state index contributed by atoms with van der Waals surface area (Å²) in [6, 6.07) is 6.51. The van der Waals surface area contributed by atoms with Crippen LogP contribution in [0, 0.1) is 5.92 Å². The van der Waals surface area contributed by atoms with E-state index < -0.39 is 6.61 Å². The van der Waals surface area contributed by atoms with Crippen molar-refractivity contribution in [1.82, 2.24) is 9.80 Å². The largest absolute Gasteiger partial charge is 0.435 e. The van der Waals surface area contributed by atoms with E-state index in [4.69, 9.17) is 0 Å². The van der Waals surface area contributed by atoms with Gasteiger partial charge in [0.05, 0.1) is 6.54 Å². The highest BCUT2D eigenvalue weighted by Crippen LogP contribution is 2.17. The van der Waals surface area contributed by atoms with Gasteiger partial charge in [0.1, 0.15) is 5.75 Å². The Hall–Kier alpha value is -1.69. The van der Waals surface area contributed by atoms with Crippen molar-refractivity contribution < 1.29 is 18.3 Å². The van der Waals surface area contributed by atoms with Crippen molar-refractivity contribution in [2.24, 2.45) is 5.92 Å². The van der Waals surface area contributed by atoms with E-state index in [9.17, 15) is 13.6 Å². The Morgan fingerprint density at radius 1 is 1.39 bits per heavy atom. The van der Waals surface area contributed by atoms with Crippen LogP contribution in [0.3, 0.4) is 0 Å². The van der Waals surface area contributed by atoms with Gasteiger partial charge in [-0.1, -0.05) is 19.1 Å². The van der Waals surface area contributed by atoms with Crippen LogP contribution in [0.2, 0.25) is 0 Å². The van der Waals surface area contributed by atoms with Crippen LogP contribution in [-0.2, 0) is 11.3 Å². The van der Waals surface area contributed by atoms with Gasteiger partial charge in [0.2, 0.25) is 5.91 Å². The fourth-order valence-electron chi connectivity index (χ4n) is 2.89. The summed E-state index contributed by atoms with van der Waals surface area (Å²) in [6.07, 6.45) is 2.26. The molecule has 0 radical (unpaired) electrons. The zero-order chi connectivity index (χ0) is 16.8. The Bertz CT molecular complexity index is 508. The topological polar surface area (TPSA) is 32.8 Å². The summed E-state index contributed by atoms with van der Waals surface area (Å²) in [7, 11) is 1.88. The second-order valence-corrected chi connectivity index (χ2v) is 6.28. The van der Waals surface area contributed by atoms with Crippen molar-refractivity contribution in [3.05, 3.63) is 29.8 Å². The SMILES string of the molecule is CC1CCCN(C(=O)CN(C)Cc2ccc(OC(F)F)cc2)C1. The lowest BCUT2D eigenvalue weighted by atomic mass is 10.0. The van der Waals surface area contributed by atoms with Gasteiger partial charge in [0.25, 0.3) is 0 Å². The minimum atomic E-state index is -2.81. The predicted molar refractivity (Wildman–Crippen MR) is 84.4 cm³/mol. The summed E-state index contributed by atoms with van der Waals surface area (Å²) in [5, 5.41) is 0. The fraction of sp³-hybridized carbons (Fsp3) is 0.588. The van der Waals surface area contributed by atoms with Gasteiger partial charge in [-0.05, 0) is 43.5 Å². The summed E-state index contributed by atoms with van der Waals surface area (Å²) in [6.45, 7) is 1.99. The molecule has 1 saturated heterocycles. The van der Waals surface area contributed by atoms with Gasteiger partial charge >= 0.3 is 6.61 Å². The lowest BCUT2D eigenvalue weighted by molar-refractivity contribution is -0.133. The van der Waals surface area contributed by atoms with Gasteiger partial charge in [-0.25, -0.2) is 0 Å². The number of benzene rings is 1. The molecule has 0 aliphatic carbocycles. The normalized spacial score (nSPS) is 18.5. The molecule has 0 spiro atoms. The number of piperidine rings is 1. The molecule has 1 amide bonds. The number of hydrogen-bond acceptors (Lipinski definition) is 3. The molecular formula is C17H24F2N2O2. The Morgan fingerprint density at radius 2 is 2.09 bits per heavy atom. The van der Waals surface area contributed by atoms with E-state index in [0.29, 0.717) is 19.0 Å². The van der Waals surface area contributed by atoms with Crippen LogP contribution in [0.25, 0.3) is 0 Å². The molecule has 23 heavy (non-hydrogen) atoms. The summed E-state index contributed by atoms with van der Waals surface area (Å²) >= 11 is 0.